The summed E-state index contributed by atoms with van der Waals surface area (Å²) in [5, 5.41) is 21.5. The van der Waals surface area contributed by atoms with E-state index in [1.807, 2.05) is 13.8 Å². The van der Waals surface area contributed by atoms with Gasteiger partial charge in [0.15, 0.2) is 0 Å². The van der Waals surface area contributed by atoms with Crippen molar-refractivity contribution in [2.24, 2.45) is 11.7 Å². The number of nitrogens with zero attached hydrogens (tertiary/aromatic N) is 1. The molecule has 5 atom stereocenters. The molecular weight excluding hydrogens is 789 g/mol. The second-order valence-electron chi connectivity index (χ2n) is 13.6. The predicted octanol–water partition coefficient (Wildman–Crippen LogP) is 1.47. The number of aromatic carboxylic acids is 1. The second-order valence-corrected chi connectivity index (χ2v) is 14.4. The highest BCUT2D eigenvalue weighted by Gasteiger charge is 2.43. The topological polar surface area (TPSA) is 272 Å². The van der Waals surface area contributed by atoms with Gasteiger partial charge in [0, 0.05) is 6.54 Å². The minimum Gasteiger partial charge on any atom is -0.478 e. The second kappa shape index (κ2) is 21.0. The van der Waals surface area contributed by atoms with Gasteiger partial charge in [-0.05, 0) is 43.4 Å². The predicted molar refractivity (Wildman–Crippen MR) is 205 cm³/mol. The number of carbonyl (C=O) groups is 9. The maximum atomic E-state index is 13.9. The zero-order valence-electron chi connectivity index (χ0n) is 31.6. The van der Waals surface area contributed by atoms with Gasteiger partial charge in [0.1, 0.15) is 18.1 Å². The van der Waals surface area contributed by atoms with Crippen molar-refractivity contribution >= 4 is 76.5 Å². The van der Waals surface area contributed by atoms with E-state index in [4.69, 9.17) is 33.7 Å². The fourth-order valence-electron chi connectivity index (χ4n) is 5.79. The molecule has 0 bridgehead atoms. The Morgan fingerprint density at radius 3 is 2.14 bits per heavy atom. The van der Waals surface area contributed by atoms with Crippen LogP contribution in [0.2, 0.25) is 10.0 Å². The summed E-state index contributed by atoms with van der Waals surface area (Å²) >= 11 is 12.0. The number of Topliss-reactive ketones (excluding diaryl/α,β-unsaturated/α-hetero) is 1. The lowest BCUT2D eigenvalue weighted by molar-refractivity contribution is -0.143. The number of nitrogens with one attached hydrogen (secondary N) is 5. The highest BCUT2D eigenvalue weighted by atomic mass is 35.5. The van der Waals surface area contributed by atoms with Gasteiger partial charge in [-0.15, -0.1) is 0 Å². The van der Waals surface area contributed by atoms with Crippen molar-refractivity contribution in [2.75, 3.05) is 19.7 Å². The van der Waals surface area contributed by atoms with Gasteiger partial charge in [0.2, 0.25) is 29.4 Å². The number of primary amides is 1. The zero-order chi connectivity index (χ0) is 42.6. The third-order valence-corrected chi connectivity index (χ3v) is 9.30. The molecule has 2 aromatic carbocycles. The van der Waals surface area contributed by atoms with Crippen molar-refractivity contribution in [3.8, 4) is 0 Å². The molecule has 1 fully saturated rings. The van der Waals surface area contributed by atoms with Crippen LogP contribution < -0.4 is 32.3 Å². The Bertz CT molecular complexity index is 1880. The van der Waals surface area contributed by atoms with Crippen LogP contribution in [-0.4, -0.2) is 107 Å². The average Bonchev–Trinajstić information content (AvgIpc) is 3.58. The van der Waals surface area contributed by atoms with Gasteiger partial charge in [0.05, 0.1) is 46.4 Å². The monoisotopic (exact) mass is 833 g/mol. The first-order valence-corrected chi connectivity index (χ1v) is 18.6. The Balaban J connectivity index is 1.77. The number of amides is 7. The van der Waals surface area contributed by atoms with Crippen LogP contribution in [0, 0.1) is 5.92 Å². The summed E-state index contributed by atoms with van der Waals surface area (Å²) in [4.78, 5) is 117. The van der Waals surface area contributed by atoms with E-state index in [0.717, 1.165) is 17.0 Å². The van der Waals surface area contributed by atoms with Crippen LogP contribution in [0.25, 0.3) is 0 Å². The maximum absolute atomic E-state index is 13.9. The number of carboxylic acids is 1. The largest absolute Gasteiger partial charge is 0.478 e. The number of hydrogen-bond donors (Lipinski definition) is 7. The minimum absolute atomic E-state index is 0.0125. The first kappa shape index (κ1) is 45.6. The number of benzene rings is 2. The molecule has 3 rings (SSSR count). The van der Waals surface area contributed by atoms with Gasteiger partial charge >= 0.3 is 12.1 Å². The van der Waals surface area contributed by atoms with Crippen molar-refractivity contribution in [1.82, 2.24) is 31.5 Å². The first-order valence-electron chi connectivity index (χ1n) is 17.9. The molecule has 0 aromatic heterocycles. The van der Waals surface area contributed by atoms with E-state index in [9.17, 15) is 48.3 Å². The lowest BCUT2D eigenvalue weighted by atomic mass is 10.0. The van der Waals surface area contributed by atoms with E-state index >= 15 is 0 Å². The number of halogens is 2. The van der Waals surface area contributed by atoms with Crippen molar-refractivity contribution < 1.29 is 53.0 Å². The van der Waals surface area contributed by atoms with Gasteiger partial charge in [0.25, 0.3) is 11.8 Å². The molecule has 57 heavy (non-hydrogen) atoms. The molecule has 308 valence electrons. The van der Waals surface area contributed by atoms with Crippen LogP contribution in [0.3, 0.4) is 0 Å². The third-order valence-electron chi connectivity index (χ3n) is 8.58. The highest BCUT2D eigenvalue weighted by molar-refractivity contribution is 6.42. The summed E-state index contributed by atoms with van der Waals surface area (Å²) in [5.41, 5.74) is 4.95. The van der Waals surface area contributed by atoms with E-state index in [0.29, 0.717) is 12.0 Å². The SMILES string of the molecule is CCCC(NC(=O)[C@@H]1C[C@@H](NC(=O)OCC(C)C)CN1C(=O)[C@H](C)NC(=O)c1cc(Cl)c(Cl)cc1C(=O)O)C(=O)C(=O)NCC(=O)N[C@H](C(N)=O)c1ccccc1. The van der Waals surface area contributed by atoms with E-state index in [-0.39, 0.29) is 47.5 Å². The van der Waals surface area contributed by atoms with Gasteiger partial charge in [-0.1, -0.05) is 80.7 Å². The van der Waals surface area contributed by atoms with Crippen LogP contribution in [0.4, 0.5) is 4.79 Å². The number of alkyl carbamates (subject to hydrolysis) is 1. The van der Waals surface area contributed by atoms with E-state index in [1.165, 1.54) is 6.92 Å². The Hall–Kier alpha value is -5.75. The molecule has 0 radical (unpaired) electrons. The fourth-order valence-corrected chi connectivity index (χ4v) is 6.11. The highest BCUT2D eigenvalue weighted by Crippen LogP contribution is 2.27. The van der Waals surface area contributed by atoms with Crippen LogP contribution in [0.1, 0.15) is 79.3 Å². The van der Waals surface area contributed by atoms with Crippen molar-refractivity contribution in [2.45, 2.75) is 77.2 Å². The van der Waals surface area contributed by atoms with Crippen LogP contribution in [0.5, 0.6) is 0 Å². The number of ether oxygens (including phenoxy) is 1. The standard InChI is InChI=1S/C37H45Cl2N7O11/c1-5-9-26(30(48)34(52)41-15-28(47)45-29(31(40)49)20-10-7-6-8-11-20)44-33(51)27-12-21(43-37(56)57-17-18(2)3)16-46(27)35(53)19(4)42-32(50)22-13-24(38)25(39)14-23(22)36(54)55/h6-8,10-11,13-14,18-19,21,26-27,29H,5,9,12,15-17H2,1-4H3,(H2,40,49)(H,41,52)(H,42,50)(H,43,56)(H,44,51)(H,45,47)(H,54,55)/t19-,21+,26?,27-,29-/m0/s1. The summed E-state index contributed by atoms with van der Waals surface area (Å²) in [6.45, 7) is 5.77. The number of rotatable bonds is 18. The molecule has 1 aliphatic heterocycles. The molecule has 1 unspecified atom stereocenters. The van der Waals surface area contributed by atoms with Crippen molar-refractivity contribution in [1.29, 1.82) is 0 Å². The molecule has 20 heteroatoms. The molecule has 0 aliphatic carbocycles. The van der Waals surface area contributed by atoms with Crippen molar-refractivity contribution in [3.63, 3.8) is 0 Å². The Labute approximate surface area is 337 Å². The molecule has 1 aliphatic rings. The van der Waals surface area contributed by atoms with E-state index < -0.39 is 95.6 Å². The molecule has 7 amide bonds. The number of ketones is 1. The van der Waals surface area contributed by atoms with E-state index in [1.54, 1.807) is 37.3 Å². The van der Waals surface area contributed by atoms with Gasteiger partial charge in [-0.25, -0.2) is 9.59 Å². The molecule has 18 nitrogen and oxygen atoms in total. The number of carboxylic acid groups (broad SMARTS) is 1. The fraction of sp³-hybridized carbons (Fsp3) is 0.432. The Kier molecular flexibility index (Phi) is 16.8. The normalized spacial score (nSPS) is 16.4. The quantitative estimate of drug-likeness (QED) is 0.106. The number of likely N-dealkylation sites (tertiary alicyclic amines) is 1. The summed E-state index contributed by atoms with van der Waals surface area (Å²) < 4.78 is 5.18. The van der Waals surface area contributed by atoms with Crippen LogP contribution in [-0.2, 0) is 33.5 Å². The molecule has 1 saturated heterocycles. The smallest absolute Gasteiger partial charge is 0.407 e. The molecular formula is C37H45Cl2N7O11. The lowest BCUT2D eigenvalue weighted by Gasteiger charge is -2.28. The third kappa shape index (κ3) is 12.9. The molecule has 1 heterocycles. The first-order chi connectivity index (χ1) is 26.8. The summed E-state index contributed by atoms with van der Waals surface area (Å²) in [7, 11) is 0. The summed E-state index contributed by atoms with van der Waals surface area (Å²) in [6.07, 6.45) is -0.674. The lowest BCUT2D eigenvalue weighted by Crippen LogP contribution is -2.56. The van der Waals surface area contributed by atoms with Gasteiger partial charge in [-0.3, -0.25) is 33.6 Å². The Morgan fingerprint density at radius 1 is 0.930 bits per heavy atom. The molecule has 2 aromatic rings. The molecule has 0 saturated carbocycles. The van der Waals surface area contributed by atoms with Gasteiger partial charge < -0.3 is 47.1 Å². The summed E-state index contributed by atoms with van der Waals surface area (Å²) in [5.74, 6) is -8.16. The maximum Gasteiger partial charge on any atom is 0.407 e. The van der Waals surface area contributed by atoms with Gasteiger partial charge in [-0.2, -0.15) is 0 Å². The number of nitrogens with two attached hydrogens (primary N) is 1. The average molecular weight is 835 g/mol. The Morgan fingerprint density at radius 2 is 1.56 bits per heavy atom. The van der Waals surface area contributed by atoms with Crippen molar-refractivity contribution in [3.05, 3.63) is 69.2 Å². The molecule has 0 spiro atoms. The molecule has 8 N–H and O–H groups in total. The number of hydrogen-bond acceptors (Lipinski definition) is 10. The number of carbonyl (C=O) groups excluding carboxylic acids is 8. The zero-order valence-corrected chi connectivity index (χ0v) is 33.1. The van der Waals surface area contributed by atoms with E-state index in [2.05, 4.69) is 26.6 Å². The minimum atomic E-state index is -1.49. The van der Waals surface area contributed by atoms with Crippen LogP contribution >= 0.6 is 23.2 Å². The summed E-state index contributed by atoms with van der Waals surface area (Å²) in [6, 6.07) is 3.97. The van der Waals surface area contributed by atoms with Crippen LogP contribution in [0.15, 0.2) is 42.5 Å².